The van der Waals surface area contributed by atoms with E-state index >= 15 is 0 Å². The minimum Gasteiger partial charge on any atom is -0.0654 e. The van der Waals surface area contributed by atoms with Gasteiger partial charge in [-0.15, -0.1) is 0 Å². The zero-order chi connectivity index (χ0) is 68.3. The van der Waals surface area contributed by atoms with Crippen LogP contribution in [0.4, 0.5) is 0 Å². The Kier molecular flexibility index (Phi) is 32.8. The first-order chi connectivity index (χ1) is 47.0. The lowest BCUT2D eigenvalue weighted by molar-refractivity contribution is 0.607. The summed E-state index contributed by atoms with van der Waals surface area (Å²) in [4.78, 5) is 0. The molecule has 7 aromatic carbocycles. The van der Waals surface area contributed by atoms with Crippen molar-refractivity contribution in [3.63, 3.8) is 0 Å². The van der Waals surface area contributed by atoms with Crippen LogP contribution in [-0.2, 0) is 77.0 Å². The van der Waals surface area contributed by atoms with Gasteiger partial charge in [-0.3, -0.25) is 0 Å². The average Bonchev–Trinajstić information content (AvgIpc) is 1.03. The monoisotopic (exact) mass is 1270 g/mol. The highest BCUT2D eigenvalue weighted by Gasteiger charge is 2.14. The van der Waals surface area contributed by atoms with Crippen molar-refractivity contribution in [2.24, 2.45) is 0 Å². The number of unbranched alkanes of at least 4 members (excludes halogenated alkanes) is 10. The van der Waals surface area contributed by atoms with Gasteiger partial charge in [0.05, 0.1) is 0 Å². The van der Waals surface area contributed by atoms with E-state index in [1.807, 2.05) is 0 Å². The molecule has 96 heavy (non-hydrogen) atoms. The third kappa shape index (κ3) is 23.0. The highest BCUT2D eigenvalue weighted by atomic mass is 14.2. The largest absolute Gasteiger partial charge is 0.0654 e. The van der Waals surface area contributed by atoms with Gasteiger partial charge >= 0.3 is 0 Å². The summed E-state index contributed by atoms with van der Waals surface area (Å²) in [6.45, 7) is 27.1. The zero-order valence-corrected chi connectivity index (χ0v) is 61.6. The van der Waals surface area contributed by atoms with Crippen LogP contribution in [0.3, 0.4) is 0 Å². The van der Waals surface area contributed by atoms with E-state index in [4.69, 9.17) is 0 Å². The summed E-state index contributed by atoms with van der Waals surface area (Å²) >= 11 is 0. The molecular formula is C96H114. The Hall–Kier alpha value is -8.10. The van der Waals surface area contributed by atoms with E-state index in [2.05, 4.69) is 263 Å². The molecule has 0 spiro atoms. The first-order valence-corrected chi connectivity index (χ1v) is 38.1. The Morgan fingerprint density at radius 2 is 0.365 bits per heavy atom. The van der Waals surface area contributed by atoms with Crippen molar-refractivity contribution in [3.05, 3.63) is 243 Å². The normalized spacial score (nSPS) is 10.6. The number of aryl methyl sites for hydroxylation is 12. The molecule has 0 heteroatoms. The first-order valence-electron chi connectivity index (χ1n) is 38.1. The fraction of sp³-hybridized carbons (Fsp3) is 0.438. The second-order valence-corrected chi connectivity index (χ2v) is 26.7. The highest BCUT2D eigenvalue weighted by molar-refractivity contribution is 5.63. The molecule has 7 aromatic rings. The van der Waals surface area contributed by atoms with Gasteiger partial charge in [0.25, 0.3) is 0 Å². The summed E-state index contributed by atoms with van der Waals surface area (Å²) in [5.41, 5.74) is 28.8. The van der Waals surface area contributed by atoms with Crippen LogP contribution in [0, 0.1) is 71.0 Å². The van der Waals surface area contributed by atoms with Crippen molar-refractivity contribution in [1.29, 1.82) is 0 Å². The maximum Gasteiger partial charge on any atom is 0.0284 e. The van der Waals surface area contributed by atoms with Crippen molar-refractivity contribution in [2.45, 2.75) is 276 Å². The molecule has 498 valence electrons. The smallest absolute Gasteiger partial charge is 0.0284 e. The standard InChI is InChI=1S/C96H114/c1-13-25-27-29-31-33-41-73-43-47-75(48-44-73)51-53-87-63-79(23-11)89(65-77(87)21-9)55-57-91-67-83(37-17-5)93(69-81(91)35-15-3)59-61-95-71-86(40-20-8)96(72-85(95)39-19-7)62-60-94-70-82(36-16-4)92(68-84(94)38-18-6)58-56-90-66-78(22-10)88(64-80(90)24-12)54-52-76-49-45-74(46-50-76)42-34-32-30-28-26-14-2/h43-50,63-72H,13-42H2,1-12H3. The minimum atomic E-state index is 0.898. The first kappa shape index (κ1) is 75.3. The molecule has 0 aliphatic heterocycles. The van der Waals surface area contributed by atoms with Gasteiger partial charge in [0.15, 0.2) is 0 Å². The van der Waals surface area contributed by atoms with E-state index < -0.39 is 0 Å². The maximum atomic E-state index is 3.78. The van der Waals surface area contributed by atoms with Gasteiger partial charge in [-0.1, -0.05) is 281 Å². The topological polar surface area (TPSA) is 0 Å². The van der Waals surface area contributed by atoms with Crippen molar-refractivity contribution < 1.29 is 0 Å². The Labute approximate surface area is 585 Å². The summed E-state index contributed by atoms with van der Waals surface area (Å²) in [5, 5.41) is 0. The van der Waals surface area contributed by atoms with Crippen molar-refractivity contribution in [3.8, 4) is 71.0 Å². The molecule has 0 nitrogen and oxygen atoms in total. The van der Waals surface area contributed by atoms with Crippen LogP contribution in [0.15, 0.2) is 109 Å². The van der Waals surface area contributed by atoms with Gasteiger partial charge in [0, 0.05) is 66.8 Å². The van der Waals surface area contributed by atoms with E-state index in [9.17, 15) is 0 Å². The maximum absolute atomic E-state index is 3.78. The quantitative estimate of drug-likeness (QED) is 0.0311. The average molecular weight is 1270 g/mol. The van der Waals surface area contributed by atoms with Crippen LogP contribution in [0.5, 0.6) is 0 Å². The van der Waals surface area contributed by atoms with Gasteiger partial charge < -0.3 is 0 Å². The second-order valence-electron chi connectivity index (χ2n) is 26.7. The molecule has 0 saturated heterocycles. The molecule has 7 rings (SSSR count). The van der Waals surface area contributed by atoms with Crippen LogP contribution in [0.1, 0.15) is 332 Å². The Morgan fingerprint density at radius 3 is 0.573 bits per heavy atom. The van der Waals surface area contributed by atoms with Crippen LogP contribution in [-0.4, -0.2) is 0 Å². The van der Waals surface area contributed by atoms with Gasteiger partial charge in [0.1, 0.15) is 0 Å². The van der Waals surface area contributed by atoms with E-state index in [-0.39, 0.29) is 0 Å². The molecule has 0 atom stereocenters. The van der Waals surface area contributed by atoms with Gasteiger partial charge in [-0.2, -0.15) is 0 Å². The van der Waals surface area contributed by atoms with Gasteiger partial charge in [0.2, 0.25) is 0 Å². The summed E-state index contributed by atoms with van der Waals surface area (Å²) < 4.78 is 0. The molecule has 0 N–H and O–H groups in total. The Bertz CT molecular complexity index is 3770. The summed E-state index contributed by atoms with van der Waals surface area (Å²) in [6.07, 6.45) is 33.7. The van der Waals surface area contributed by atoms with Crippen LogP contribution in [0.2, 0.25) is 0 Å². The molecule has 0 aromatic heterocycles. The van der Waals surface area contributed by atoms with Gasteiger partial charge in [-0.05, 0) is 242 Å². The summed E-state index contributed by atoms with van der Waals surface area (Å²) in [5.74, 6) is 44.1. The molecule has 0 radical (unpaired) electrons. The predicted octanol–water partition coefficient (Wildman–Crippen LogP) is 23.9. The lowest BCUT2D eigenvalue weighted by Gasteiger charge is -2.12. The lowest BCUT2D eigenvalue weighted by atomic mass is 9.91. The second kappa shape index (κ2) is 41.8. The molecule has 0 unspecified atom stereocenters. The van der Waals surface area contributed by atoms with Gasteiger partial charge in [-0.25, -0.2) is 0 Å². The van der Waals surface area contributed by atoms with E-state index in [0.717, 1.165) is 182 Å². The van der Waals surface area contributed by atoms with Crippen molar-refractivity contribution >= 4 is 0 Å². The van der Waals surface area contributed by atoms with E-state index in [1.165, 1.54) is 144 Å². The number of hydrogen-bond donors (Lipinski definition) is 0. The summed E-state index contributed by atoms with van der Waals surface area (Å²) in [6, 6.07) is 41.3. The minimum absolute atomic E-state index is 0.898. The fourth-order valence-corrected chi connectivity index (χ4v) is 13.2. The molecule has 0 bridgehead atoms. The predicted molar refractivity (Wildman–Crippen MR) is 417 cm³/mol. The van der Waals surface area contributed by atoms with E-state index in [0.29, 0.717) is 0 Å². The molecule has 0 heterocycles. The van der Waals surface area contributed by atoms with Crippen molar-refractivity contribution in [2.75, 3.05) is 0 Å². The number of rotatable bonds is 30. The molecule has 0 aliphatic rings. The molecule has 0 aliphatic carbocycles. The fourth-order valence-electron chi connectivity index (χ4n) is 13.2. The molecule has 0 saturated carbocycles. The summed E-state index contributed by atoms with van der Waals surface area (Å²) in [7, 11) is 0. The highest BCUT2D eigenvalue weighted by Crippen LogP contribution is 2.27. The molecule has 0 fully saturated rings. The van der Waals surface area contributed by atoms with Crippen LogP contribution in [0.25, 0.3) is 0 Å². The lowest BCUT2D eigenvalue weighted by Crippen LogP contribution is -2.00. The Balaban J connectivity index is 1.15. The number of benzene rings is 7. The van der Waals surface area contributed by atoms with Crippen LogP contribution >= 0.6 is 0 Å². The Morgan fingerprint density at radius 1 is 0.177 bits per heavy atom. The number of hydrogen-bond acceptors (Lipinski definition) is 0. The molecular weight excluding hydrogens is 1150 g/mol. The molecule has 0 amide bonds. The third-order valence-corrected chi connectivity index (χ3v) is 18.8. The van der Waals surface area contributed by atoms with E-state index in [1.54, 1.807) is 0 Å². The third-order valence-electron chi connectivity index (χ3n) is 18.8. The zero-order valence-electron chi connectivity index (χ0n) is 61.6. The van der Waals surface area contributed by atoms with Crippen molar-refractivity contribution in [1.82, 2.24) is 0 Å². The van der Waals surface area contributed by atoms with Crippen LogP contribution < -0.4 is 0 Å². The SMILES string of the molecule is CCCCCCCCc1ccc(C#Cc2cc(CC)c(C#Cc3cc(CCC)c(C#Cc4cc(CCC)c(C#Cc5cc(CCC)c(C#Cc6cc(CC)c(C#Cc7ccc(CCCCCCCC)cc7)cc6CC)cc5CCC)cc4CCC)cc3CCC)cc2CC)cc1.